The summed E-state index contributed by atoms with van der Waals surface area (Å²) < 4.78 is 4.96. The fourth-order valence-corrected chi connectivity index (χ4v) is 1.10. The maximum Gasteiger partial charge on any atom is 0.310 e. The summed E-state index contributed by atoms with van der Waals surface area (Å²) in [6.07, 6.45) is 1.71. The van der Waals surface area contributed by atoms with Crippen LogP contribution in [-0.4, -0.2) is 16.3 Å². The lowest BCUT2D eigenvalue weighted by molar-refractivity contribution is -0.385. The number of nitro groups is 1. The van der Waals surface area contributed by atoms with E-state index in [1.807, 2.05) is 0 Å². The molecule has 0 fully saturated rings. The van der Waals surface area contributed by atoms with Gasteiger partial charge in [-0.1, -0.05) is 0 Å². The number of hydrogen-bond donors (Lipinski definition) is 1. The molecule has 6 heteroatoms. The normalized spacial score (nSPS) is 9.62. The highest BCUT2D eigenvalue weighted by molar-refractivity contribution is 7.94. The highest BCUT2D eigenvalue weighted by Gasteiger charge is 2.13. The Balaban J connectivity index is 2.98. The average molecular weight is 201 g/mol. The second-order valence-electron chi connectivity index (χ2n) is 2.16. The largest absolute Gasteiger partial charge is 0.502 e. The zero-order valence-electron chi connectivity index (χ0n) is 6.76. The molecule has 0 aliphatic heterocycles. The summed E-state index contributed by atoms with van der Waals surface area (Å²) in [5.41, 5.74) is -0.326. The van der Waals surface area contributed by atoms with E-state index in [2.05, 4.69) is 0 Å². The molecule has 1 rings (SSSR count). The van der Waals surface area contributed by atoms with E-state index in [4.69, 9.17) is 9.29 Å². The fraction of sp³-hybridized carbons (Fsp3) is 0.143. The van der Waals surface area contributed by atoms with Crippen LogP contribution < -0.4 is 4.18 Å². The minimum absolute atomic E-state index is 0.326. The molecule has 0 aliphatic rings. The van der Waals surface area contributed by atoms with E-state index in [0.717, 1.165) is 12.0 Å². The van der Waals surface area contributed by atoms with E-state index in [1.54, 1.807) is 6.26 Å². The van der Waals surface area contributed by atoms with E-state index in [9.17, 15) is 10.1 Å². The molecule has 0 saturated heterocycles. The van der Waals surface area contributed by atoms with Crippen LogP contribution >= 0.6 is 12.0 Å². The molecule has 0 heterocycles. The van der Waals surface area contributed by atoms with E-state index < -0.39 is 10.7 Å². The van der Waals surface area contributed by atoms with Crippen LogP contribution in [0.15, 0.2) is 18.2 Å². The van der Waals surface area contributed by atoms with Crippen molar-refractivity contribution in [1.29, 1.82) is 0 Å². The van der Waals surface area contributed by atoms with Gasteiger partial charge in [0, 0.05) is 18.4 Å². The van der Waals surface area contributed by atoms with Crippen LogP contribution in [0.2, 0.25) is 0 Å². The van der Waals surface area contributed by atoms with Crippen molar-refractivity contribution in [3.05, 3.63) is 28.3 Å². The quantitative estimate of drug-likeness (QED) is 0.459. The molecule has 0 amide bonds. The van der Waals surface area contributed by atoms with Crippen molar-refractivity contribution in [2.45, 2.75) is 0 Å². The lowest BCUT2D eigenvalue weighted by Gasteiger charge is -2.00. The van der Waals surface area contributed by atoms with E-state index in [-0.39, 0.29) is 5.69 Å². The molecule has 0 bridgehead atoms. The second kappa shape index (κ2) is 3.99. The van der Waals surface area contributed by atoms with Crippen LogP contribution in [0, 0.1) is 10.1 Å². The van der Waals surface area contributed by atoms with Gasteiger partial charge in [-0.15, -0.1) is 0 Å². The van der Waals surface area contributed by atoms with Gasteiger partial charge in [0.25, 0.3) is 0 Å². The number of hydrogen-bond acceptors (Lipinski definition) is 5. The minimum Gasteiger partial charge on any atom is -0.502 e. The summed E-state index contributed by atoms with van der Waals surface area (Å²) in [4.78, 5) is 9.64. The van der Waals surface area contributed by atoms with Gasteiger partial charge in [-0.2, -0.15) is 0 Å². The summed E-state index contributed by atoms with van der Waals surface area (Å²) in [7, 11) is 0. The second-order valence-corrected chi connectivity index (χ2v) is 2.66. The van der Waals surface area contributed by atoms with Gasteiger partial charge in [0.05, 0.1) is 17.0 Å². The predicted molar refractivity (Wildman–Crippen MR) is 48.9 cm³/mol. The van der Waals surface area contributed by atoms with Crippen molar-refractivity contribution >= 4 is 17.7 Å². The number of nitrogens with zero attached hydrogens (tertiary/aromatic N) is 1. The van der Waals surface area contributed by atoms with E-state index in [0.29, 0.717) is 5.75 Å². The number of aromatic hydroxyl groups is 1. The summed E-state index contributed by atoms with van der Waals surface area (Å²) in [5, 5.41) is 19.4. The highest BCUT2D eigenvalue weighted by Crippen LogP contribution is 2.30. The fourth-order valence-electron chi connectivity index (χ4n) is 0.806. The molecule has 0 unspecified atom stereocenters. The Morgan fingerprint density at radius 1 is 1.62 bits per heavy atom. The van der Waals surface area contributed by atoms with Crippen molar-refractivity contribution in [3.8, 4) is 11.5 Å². The Labute approximate surface area is 78.7 Å². The van der Waals surface area contributed by atoms with Crippen molar-refractivity contribution in [2.75, 3.05) is 6.26 Å². The summed E-state index contributed by atoms with van der Waals surface area (Å²) in [6, 6.07) is 3.82. The van der Waals surface area contributed by atoms with Crippen LogP contribution in [0.4, 0.5) is 5.69 Å². The lowest BCUT2D eigenvalue weighted by Crippen LogP contribution is -1.88. The first-order valence-electron chi connectivity index (χ1n) is 3.33. The number of nitro benzene ring substituents is 1. The molecule has 13 heavy (non-hydrogen) atoms. The number of phenols is 1. The van der Waals surface area contributed by atoms with Crippen LogP contribution in [0.1, 0.15) is 0 Å². The number of benzene rings is 1. The minimum atomic E-state index is -0.655. The lowest BCUT2D eigenvalue weighted by atomic mass is 10.3. The van der Waals surface area contributed by atoms with Gasteiger partial charge in [-0.3, -0.25) is 10.1 Å². The third-order valence-corrected chi connectivity index (χ3v) is 1.68. The number of rotatable bonds is 3. The standard InChI is InChI=1S/C7H7NO4S/c1-13-12-5-2-3-6(8(10)11)7(9)4-5/h2-4,9H,1H3. The molecule has 1 aromatic rings. The molecule has 70 valence electrons. The summed E-state index contributed by atoms with van der Waals surface area (Å²) in [5.74, 6) is -0.00727. The van der Waals surface area contributed by atoms with Crippen LogP contribution in [-0.2, 0) is 0 Å². The van der Waals surface area contributed by atoms with Gasteiger partial charge < -0.3 is 9.29 Å². The molecular weight excluding hydrogens is 194 g/mol. The Morgan fingerprint density at radius 2 is 2.31 bits per heavy atom. The molecule has 0 saturated carbocycles. The smallest absolute Gasteiger partial charge is 0.310 e. The molecule has 5 nitrogen and oxygen atoms in total. The van der Waals surface area contributed by atoms with Crippen LogP contribution in [0.3, 0.4) is 0 Å². The first-order valence-corrected chi connectivity index (χ1v) is 4.48. The maximum absolute atomic E-state index is 10.3. The summed E-state index contributed by atoms with van der Waals surface area (Å²) in [6.45, 7) is 0. The van der Waals surface area contributed by atoms with Gasteiger partial charge in [0.2, 0.25) is 0 Å². The van der Waals surface area contributed by atoms with Crippen LogP contribution in [0.25, 0.3) is 0 Å². The van der Waals surface area contributed by atoms with Gasteiger partial charge >= 0.3 is 5.69 Å². The molecule has 1 N–H and O–H groups in total. The Bertz CT molecular complexity index is 328. The Hall–Kier alpha value is -1.43. The average Bonchev–Trinajstić information content (AvgIpc) is 2.04. The topological polar surface area (TPSA) is 72.6 Å². The third kappa shape index (κ3) is 2.25. The van der Waals surface area contributed by atoms with Gasteiger partial charge in [-0.25, -0.2) is 0 Å². The Morgan fingerprint density at radius 3 is 2.77 bits per heavy atom. The highest BCUT2D eigenvalue weighted by atomic mass is 32.2. The zero-order chi connectivity index (χ0) is 9.84. The van der Waals surface area contributed by atoms with Gasteiger partial charge in [-0.05, 0) is 6.07 Å². The number of phenolic OH excluding ortho intramolecular Hbond substituents is 1. The SMILES string of the molecule is CSOc1ccc([N+](=O)[O-])c(O)c1. The van der Waals surface area contributed by atoms with Gasteiger partial charge in [0.15, 0.2) is 5.75 Å². The van der Waals surface area contributed by atoms with Crippen molar-refractivity contribution in [2.24, 2.45) is 0 Å². The first-order chi connectivity index (χ1) is 6.15. The molecule has 0 atom stereocenters. The summed E-state index contributed by atoms with van der Waals surface area (Å²) >= 11 is 1.10. The molecule has 0 aliphatic carbocycles. The third-order valence-electron chi connectivity index (χ3n) is 1.32. The zero-order valence-corrected chi connectivity index (χ0v) is 7.58. The predicted octanol–water partition coefficient (Wildman–Crippen LogP) is 1.96. The van der Waals surface area contributed by atoms with Crippen LogP contribution in [0.5, 0.6) is 11.5 Å². The van der Waals surface area contributed by atoms with E-state index >= 15 is 0 Å². The van der Waals surface area contributed by atoms with Crippen molar-refractivity contribution in [3.63, 3.8) is 0 Å². The molecule has 0 aromatic heterocycles. The molecule has 1 aromatic carbocycles. The monoisotopic (exact) mass is 201 g/mol. The first kappa shape index (κ1) is 9.66. The van der Waals surface area contributed by atoms with Crippen molar-refractivity contribution in [1.82, 2.24) is 0 Å². The van der Waals surface area contributed by atoms with Crippen molar-refractivity contribution < 1.29 is 14.2 Å². The van der Waals surface area contributed by atoms with Gasteiger partial charge in [0.1, 0.15) is 5.75 Å². The van der Waals surface area contributed by atoms with E-state index in [1.165, 1.54) is 18.2 Å². The molecule has 0 radical (unpaired) electrons. The Kier molecular flexibility index (Phi) is 2.97. The molecular formula is C7H7NO4S. The molecule has 0 spiro atoms. The maximum atomic E-state index is 10.3.